The summed E-state index contributed by atoms with van der Waals surface area (Å²) < 4.78 is 22.1. The summed E-state index contributed by atoms with van der Waals surface area (Å²) in [6, 6.07) is 13.4. The fraction of sp³-hybridized carbons (Fsp3) is 0.269. The molecule has 1 aromatic heterocycles. The van der Waals surface area contributed by atoms with Crippen LogP contribution in [-0.4, -0.2) is 51.8 Å². The lowest BCUT2D eigenvalue weighted by molar-refractivity contribution is -0.138. The van der Waals surface area contributed by atoms with Crippen molar-refractivity contribution < 1.29 is 33.6 Å². The molecule has 0 saturated heterocycles. The maximum atomic E-state index is 11.1. The van der Waals surface area contributed by atoms with E-state index >= 15 is 0 Å². The number of benzene rings is 2. The molecule has 0 aliphatic heterocycles. The van der Waals surface area contributed by atoms with Gasteiger partial charge in [0.25, 0.3) is 0 Å². The molecule has 0 radical (unpaired) electrons. The van der Waals surface area contributed by atoms with E-state index in [0.29, 0.717) is 25.0 Å². The van der Waals surface area contributed by atoms with Gasteiger partial charge in [-0.25, -0.2) is 9.59 Å². The number of carbonyl (C=O) groups is 2. The average Bonchev–Trinajstić information content (AvgIpc) is 2.88. The maximum absolute atomic E-state index is 11.1. The molecular formula is C26H27N3O7. The van der Waals surface area contributed by atoms with Crippen molar-refractivity contribution in [3.05, 3.63) is 66.8 Å². The van der Waals surface area contributed by atoms with E-state index in [1.54, 1.807) is 12.1 Å². The van der Waals surface area contributed by atoms with Gasteiger partial charge in [0.05, 0.1) is 19.8 Å². The molecule has 1 N–H and O–H groups in total. The summed E-state index contributed by atoms with van der Waals surface area (Å²) in [6.07, 6.45) is 4.18. The van der Waals surface area contributed by atoms with Gasteiger partial charge in [0.2, 0.25) is 0 Å². The van der Waals surface area contributed by atoms with E-state index in [9.17, 15) is 9.59 Å². The minimum Gasteiger partial charge on any atom is -0.478 e. The standard InChI is InChI=1S/C26H27N3O7/c1-3-22(30)33-15-6-7-16-34-24-27-25(35-17-9-10-18(2)23(31)32)29-26(28-24)36-21-14-8-12-19-11-4-5-13-20(19)21/h3-5,8,10-14H,1,6-7,9,15-17H2,2H3,(H,31,32). The van der Waals surface area contributed by atoms with Gasteiger partial charge in [-0.1, -0.05) is 49.1 Å². The van der Waals surface area contributed by atoms with Crippen LogP contribution in [0.25, 0.3) is 10.8 Å². The van der Waals surface area contributed by atoms with Gasteiger partial charge >= 0.3 is 30.0 Å². The lowest BCUT2D eigenvalue weighted by Gasteiger charge is -2.11. The molecule has 3 aromatic rings. The van der Waals surface area contributed by atoms with Crippen LogP contribution in [0.1, 0.15) is 26.2 Å². The fourth-order valence-corrected chi connectivity index (χ4v) is 2.99. The van der Waals surface area contributed by atoms with Gasteiger partial charge in [0, 0.05) is 23.5 Å². The Morgan fingerprint density at radius 2 is 1.58 bits per heavy atom. The Morgan fingerprint density at radius 3 is 2.33 bits per heavy atom. The highest BCUT2D eigenvalue weighted by Gasteiger charge is 2.13. The molecule has 3 rings (SSSR count). The van der Waals surface area contributed by atoms with Crippen molar-refractivity contribution in [1.82, 2.24) is 15.0 Å². The van der Waals surface area contributed by atoms with Gasteiger partial charge in [-0.15, -0.1) is 15.0 Å². The molecule has 10 nitrogen and oxygen atoms in total. The molecule has 1 heterocycles. The molecular weight excluding hydrogens is 466 g/mol. The number of hydrogen-bond acceptors (Lipinski definition) is 9. The molecule has 0 aliphatic carbocycles. The van der Waals surface area contributed by atoms with Crippen LogP contribution in [-0.2, 0) is 14.3 Å². The van der Waals surface area contributed by atoms with Crippen molar-refractivity contribution in [1.29, 1.82) is 0 Å². The Labute approximate surface area is 208 Å². The second-order valence-corrected chi connectivity index (χ2v) is 7.52. The van der Waals surface area contributed by atoms with Gasteiger partial charge in [-0.05, 0) is 31.2 Å². The number of carboxylic acid groups (broad SMARTS) is 1. The minimum atomic E-state index is -0.990. The van der Waals surface area contributed by atoms with Gasteiger partial charge in [-0.2, -0.15) is 0 Å². The van der Waals surface area contributed by atoms with Crippen LogP contribution in [0.3, 0.4) is 0 Å². The van der Waals surface area contributed by atoms with Crippen LogP contribution < -0.4 is 14.2 Å². The molecule has 0 aliphatic rings. The summed E-state index contributed by atoms with van der Waals surface area (Å²) >= 11 is 0. The first-order valence-corrected chi connectivity index (χ1v) is 11.3. The highest BCUT2D eigenvalue weighted by Crippen LogP contribution is 2.29. The molecule has 36 heavy (non-hydrogen) atoms. The minimum absolute atomic E-state index is 0.00980. The summed E-state index contributed by atoms with van der Waals surface area (Å²) in [6.45, 7) is 5.52. The predicted molar refractivity (Wildman–Crippen MR) is 131 cm³/mol. The number of carboxylic acids is 1. The third-order valence-corrected chi connectivity index (χ3v) is 4.84. The van der Waals surface area contributed by atoms with Gasteiger partial charge < -0.3 is 24.1 Å². The zero-order valence-corrected chi connectivity index (χ0v) is 19.9. The largest absolute Gasteiger partial charge is 0.478 e. The number of unbranched alkanes of at least 4 members (excludes halogenated alkanes) is 1. The van der Waals surface area contributed by atoms with E-state index in [0.717, 1.165) is 16.8 Å². The van der Waals surface area contributed by atoms with Gasteiger partial charge in [0.1, 0.15) is 5.75 Å². The molecule has 0 amide bonds. The Hall–Kier alpha value is -4.47. The number of aliphatic carboxylic acids is 1. The Kier molecular flexibility index (Phi) is 9.75. The zero-order chi connectivity index (χ0) is 25.8. The van der Waals surface area contributed by atoms with E-state index in [1.807, 2.05) is 36.4 Å². The molecule has 0 spiro atoms. The second kappa shape index (κ2) is 13.4. The number of rotatable bonds is 14. The van der Waals surface area contributed by atoms with Crippen LogP contribution in [0, 0.1) is 0 Å². The van der Waals surface area contributed by atoms with Crippen molar-refractivity contribution in [2.24, 2.45) is 0 Å². The van der Waals surface area contributed by atoms with Crippen LogP contribution in [0.5, 0.6) is 23.8 Å². The van der Waals surface area contributed by atoms with E-state index in [-0.39, 0.29) is 43.4 Å². The molecule has 0 bridgehead atoms. The quantitative estimate of drug-likeness (QED) is 0.194. The van der Waals surface area contributed by atoms with Crippen molar-refractivity contribution in [3.8, 4) is 23.8 Å². The first-order chi connectivity index (χ1) is 17.5. The smallest absolute Gasteiger partial charge is 0.331 e. The first kappa shape index (κ1) is 26.1. The molecule has 188 valence electrons. The van der Waals surface area contributed by atoms with Crippen LogP contribution in [0.15, 0.2) is 66.8 Å². The summed E-state index contributed by atoms with van der Waals surface area (Å²) in [4.78, 5) is 34.7. The van der Waals surface area contributed by atoms with Crippen molar-refractivity contribution in [2.75, 3.05) is 19.8 Å². The van der Waals surface area contributed by atoms with Crippen molar-refractivity contribution in [3.63, 3.8) is 0 Å². The topological polar surface area (TPSA) is 130 Å². The number of esters is 1. The lowest BCUT2D eigenvalue weighted by atomic mass is 10.1. The van der Waals surface area contributed by atoms with E-state index < -0.39 is 11.9 Å². The summed E-state index contributed by atoms with van der Waals surface area (Å²) in [7, 11) is 0. The van der Waals surface area contributed by atoms with Crippen LogP contribution in [0.2, 0.25) is 0 Å². The average molecular weight is 494 g/mol. The maximum Gasteiger partial charge on any atom is 0.331 e. The Balaban J connectivity index is 1.70. The summed E-state index contributed by atoms with van der Waals surface area (Å²) in [5.41, 5.74) is 0.219. The number of ether oxygens (including phenoxy) is 4. The molecule has 0 fully saturated rings. The molecule has 0 atom stereocenters. The van der Waals surface area contributed by atoms with Crippen LogP contribution in [0.4, 0.5) is 0 Å². The highest BCUT2D eigenvalue weighted by molar-refractivity contribution is 5.88. The highest BCUT2D eigenvalue weighted by atomic mass is 16.5. The van der Waals surface area contributed by atoms with Crippen molar-refractivity contribution in [2.45, 2.75) is 26.2 Å². The first-order valence-electron chi connectivity index (χ1n) is 11.3. The van der Waals surface area contributed by atoms with E-state index in [1.165, 1.54) is 6.92 Å². The third kappa shape index (κ3) is 8.08. The normalized spacial score (nSPS) is 11.1. The van der Waals surface area contributed by atoms with E-state index in [4.69, 9.17) is 24.1 Å². The zero-order valence-electron chi connectivity index (χ0n) is 19.9. The Morgan fingerprint density at radius 1 is 0.917 bits per heavy atom. The third-order valence-electron chi connectivity index (χ3n) is 4.84. The number of aromatic nitrogens is 3. The SMILES string of the molecule is C=CC(=O)OCCCCOc1nc(OCCC=C(C)C(=O)O)nc(Oc2cccc3ccccc23)n1. The van der Waals surface area contributed by atoms with Gasteiger partial charge in [-0.3, -0.25) is 0 Å². The summed E-state index contributed by atoms with van der Waals surface area (Å²) in [5, 5.41) is 10.8. The second-order valence-electron chi connectivity index (χ2n) is 7.52. The van der Waals surface area contributed by atoms with Crippen LogP contribution >= 0.6 is 0 Å². The number of nitrogens with zero attached hydrogens (tertiary/aromatic N) is 3. The summed E-state index contributed by atoms with van der Waals surface area (Å²) in [5.74, 6) is -0.907. The number of fused-ring (bicyclic) bond motifs is 1. The molecule has 2 aromatic carbocycles. The van der Waals surface area contributed by atoms with E-state index in [2.05, 4.69) is 21.5 Å². The Bertz CT molecular complexity index is 1240. The lowest BCUT2D eigenvalue weighted by Crippen LogP contribution is -2.08. The molecule has 10 heteroatoms. The van der Waals surface area contributed by atoms with Gasteiger partial charge in [0.15, 0.2) is 0 Å². The monoisotopic (exact) mass is 493 g/mol. The number of hydrogen-bond donors (Lipinski definition) is 1. The molecule has 0 unspecified atom stereocenters. The fourth-order valence-electron chi connectivity index (χ4n) is 2.99. The van der Waals surface area contributed by atoms with Crippen molar-refractivity contribution >= 4 is 22.7 Å². The number of carbonyl (C=O) groups excluding carboxylic acids is 1. The molecule has 0 saturated carbocycles. The predicted octanol–water partition coefficient (Wildman–Crippen LogP) is 4.51.